The molecule has 1 amide bonds. The number of halogens is 1. The molecule has 196 valence electrons. The molecule has 2 fully saturated rings. The number of likely N-dealkylation sites (N-methyl/N-ethyl adjacent to an activating group) is 1. The summed E-state index contributed by atoms with van der Waals surface area (Å²) in [6.45, 7) is 12.6. The highest BCUT2D eigenvalue weighted by atomic mass is 35.5. The molecule has 0 spiro atoms. The summed E-state index contributed by atoms with van der Waals surface area (Å²) >= 11 is 8.17. The summed E-state index contributed by atoms with van der Waals surface area (Å²) in [4.78, 5) is 25.1. The van der Waals surface area contributed by atoms with Crippen molar-refractivity contribution in [3.8, 4) is 0 Å². The molecule has 2 aromatic rings. The number of hydrogen-bond acceptors (Lipinski definition) is 6. The number of carbonyl (C=O) groups excluding carboxylic acids is 1. The van der Waals surface area contributed by atoms with Crippen LogP contribution in [0.2, 0.25) is 5.02 Å². The third-order valence-electron chi connectivity index (χ3n) is 7.69. The van der Waals surface area contributed by atoms with Gasteiger partial charge >= 0.3 is 0 Å². The number of anilines is 2. The lowest BCUT2D eigenvalue weighted by atomic mass is 9.80. The van der Waals surface area contributed by atoms with Gasteiger partial charge < -0.3 is 14.5 Å². The smallest absolute Gasteiger partial charge is 0.266 e. The zero-order chi connectivity index (χ0) is 26.3. The van der Waals surface area contributed by atoms with Gasteiger partial charge in [0.2, 0.25) is 0 Å². The van der Waals surface area contributed by atoms with E-state index < -0.39 is 0 Å². The van der Waals surface area contributed by atoms with E-state index in [0.29, 0.717) is 27.6 Å². The highest BCUT2D eigenvalue weighted by molar-refractivity contribution is 8.18. The monoisotopic (exact) mass is 538 g/mol. The molecule has 1 atom stereocenters. The fourth-order valence-corrected chi connectivity index (χ4v) is 6.66. The molecule has 0 aromatic heterocycles. The molecular weight excluding hydrogens is 504 g/mol. The number of ether oxygens (including phenoxy) is 1. The van der Waals surface area contributed by atoms with Gasteiger partial charge in [0, 0.05) is 48.6 Å². The molecule has 0 saturated carbocycles. The predicted octanol–water partition coefficient (Wildman–Crippen LogP) is 6.52. The molecule has 37 heavy (non-hydrogen) atoms. The van der Waals surface area contributed by atoms with Gasteiger partial charge in [-0.2, -0.15) is 0 Å². The molecule has 0 N–H and O–H groups in total. The van der Waals surface area contributed by atoms with Crippen LogP contribution in [0.3, 0.4) is 0 Å². The van der Waals surface area contributed by atoms with E-state index in [9.17, 15) is 4.79 Å². The van der Waals surface area contributed by atoms with Gasteiger partial charge in [0.1, 0.15) is 0 Å². The Balaban J connectivity index is 1.41. The Labute approximate surface area is 229 Å². The number of amidine groups is 1. The van der Waals surface area contributed by atoms with Crippen molar-refractivity contribution in [1.82, 2.24) is 4.90 Å². The molecule has 0 radical (unpaired) electrons. The fraction of sp³-hybridized carbons (Fsp3) is 0.448. The Morgan fingerprint density at radius 1 is 1.19 bits per heavy atom. The van der Waals surface area contributed by atoms with E-state index >= 15 is 0 Å². The third-order valence-corrected chi connectivity index (χ3v) is 9.03. The Bertz CT molecular complexity index is 1250. The van der Waals surface area contributed by atoms with E-state index in [1.165, 1.54) is 28.7 Å². The maximum Gasteiger partial charge on any atom is 0.266 e. The zero-order valence-corrected chi connectivity index (χ0v) is 23.8. The highest BCUT2D eigenvalue weighted by Crippen LogP contribution is 2.45. The van der Waals surface area contributed by atoms with Crippen LogP contribution < -0.4 is 9.80 Å². The van der Waals surface area contributed by atoms with Crippen LogP contribution in [0.4, 0.5) is 17.1 Å². The van der Waals surface area contributed by atoms with Gasteiger partial charge in [-0.3, -0.25) is 9.69 Å². The molecule has 3 aliphatic rings. The van der Waals surface area contributed by atoms with Gasteiger partial charge in [0.05, 0.1) is 23.8 Å². The molecule has 2 aromatic carbocycles. The van der Waals surface area contributed by atoms with E-state index in [0.717, 1.165) is 44.0 Å². The molecule has 6 nitrogen and oxygen atoms in total. The summed E-state index contributed by atoms with van der Waals surface area (Å²) < 4.78 is 5.45. The van der Waals surface area contributed by atoms with Gasteiger partial charge in [0.25, 0.3) is 5.91 Å². The Morgan fingerprint density at radius 2 is 1.89 bits per heavy atom. The minimum absolute atomic E-state index is 0.0312. The number of thioether (sulfide) groups is 1. The minimum atomic E-state index is -0.0312. The average molecular weight is 539 g/mol. The van der Waals surface area contributed by atoms with Crippen LogP contribution >= 0.6 is 23.4 Å². The number of aliphatic imine (C=N–C) groups is 1. The second-order valence-electron chi connectivity index (χ2n) is 10.6. The van der Waals surface area contributed by atoms with Crippen LogP contribution in [0, 0.1) is 0 Å². The van der Waals surface area contributed by atoms with Crippen molar-refractivity contribution in [2.24, 2.45) is 4.99 Å². The van der Waals surface area contributed by atoms with Crippen LogP contribution in [0.5, 0.6) is 0 Å². The molecule has 3 heterocycles. The van der Waals surface area contributed by atoms with Crippen LogP contribution in [0.25, 0.3) is 6.08 Å². The summed E-state index contributed by atoms with van der Waals surface area (Å²) in [5.41, 5.74) is 5.39. The molecule has 0 bridgehead atoms. The molecular formula is C29H35ClN4O2S. The SMILES string of the molecule is CCN1C(=O)/C(=C/c2cc3c(cc2Cl)N(C)C(C)(C)C[C@@H]3C)SC1=Nc1ccc(N2CCOCC2)cc1. The van der Waals surface area contributed by atoms with Gasteiger partial charge in [-0.1, -0.05) is 18.5 Å². The second-order valence-corrected chi connectivity index (χ2v) is 12.0. The average Bonchev–Trinajstić information content (AvgIpc) is 3.17. The number of rotatable bonds is 4. The van der Waals surface area contributed by atoms with Crippen molar-refractivity contribution in [3.05, 3.63) is 57.5 Å². The van der Waals surface area contributed by atoms with Crippen molar-refractivity contribution in [2.75, 3.05) is 49.7 Å². The maximum atomic E-state index is 13.3. The standard InChI is InChI=1S/C29H35ClN4O2S/c1-6-34-27(35)26(16-20-15-23-19(2)18-29(3,4)32(5)25(23)17-24(20)30)37-28(34)31-21-7-9-22(10-8-21)33-11-13-36-14-12-33/h7-10,15-17,19H,6,11-14,18H2,1-5H3/b26-16-,31-28?/t19-/m0/s1. The van der Waals surface area contributed by atoms with E-state index in [2.05, 4.69) is 55.8 Å². The minimum Gasteiger partial charge on any atom is -0.378 e. The van der Waals surface area contributed by atoms with Gasteiger partial charge in [-0.15, -0.1) is 0 Å². The molecule has 0 aliphatic carbocycles. The lowest BCUT2D eigenvalue weighted by Gasteiger charge is -2.45. The number of hydrogen-bond donors (Lipinski definition) is 0. The molecule has 2 saturated heterocycles. The molecule has 0 unspecified atom stereocenters. The van der Waals surface area contributed by atoms with Crippen LogP contribution in [0.15, 0.2) is 46.3 Å². The number of benzene rings is 2. The molecule has 3 aliphatic heterocycles. The van der Waals surface area contributed by atoms with E-state index in [-0.39, 0.29) is 11.4 Å². The Hall–Kier alpha value is -2.48. The van der Waals surface area contributed by atoms with Crippen molar-refractivity contribution in [2.45, 2.75) is 45.6 Å². The highest BCUT2D eigenvalue weighted by Gasteiger charge is 2.36. The number of fused-ring (bicyclic) bond motifs is 1. The first kappa shape index (κ1) is 26.1. The lowest BCUT2D eigenvalue weighted by molar-refractivity contribution is -0.122. The summed E-state index contributed by atoms with van der Waals surface area (Å²) in [5, 5.41) is 1.35. The van der Waals surface area contributed by atoms with Crippen molar-refractivity contribution < 1.29 is 9.53 Å². The van der Waals surface area contributed by atoms with Crippen molar-refractivity contribution >= 4 is 57.6 Å². The number of nitrogens with zero attached hydrogens (tertiary/aromatic N) is 4. The van der Waals surface area contributed by atoms with Gasteiger partial charge in [-0.25, -0.2) is 4.99 Å². The first-order chi connectivity index (χ1) is 17.7. The normalized spacial score (nSPS) is 23.8. The lowest BCUT2D eigenvalue weighted by Crippen LogP contribution is -2.45. The summed E-state index contributed by atoms with van der Waals surface area (Å²) in [6, 6.07) is 12.4. The topological polar surface area (TPSA) is 48.4 Å². The molecule has 5 rings (SSSR count). The van der Waals surface area contributed by atoms with E-state index in [4.69, 9.17) is 21.3 Å². The van der Waals surface area contributed by atoms with Gasteiger partial charge in [0.15, 0.2) is 5.17 Å². The summed E-state index contributed by atoms with van der Waals surface area (Å²) in [5.74, 6) is 0.378. The van der Waals surface area contributed by atoms with Crippen LogP contribution in [-0.4, -0.2) is 61.4 Å². The second kappa shape index (κ2) is 10.4. The quantitative estimate of drug-likeness (QED) is 0.415. The maximum absolute atomic E-state index is 13.3. The first-order valence-electron chi connectivity index (χ1n) is 13.0. The van der Waals surface area contributed by atoms with Crippen molar-refractivity contribution in [1.29, 1.82) is 0 Å². The van der Waals surface area contributed by atoms with Crippen LogP contribution in [0.1, 0.15) is 51.2 Å². The number of amides is 1. The third kappa shape index (κ3) is 5.14. The number of morpholine rings is 1. The predicted molar refractivity (Wildman–Crippen MR) is 156 cm³/mol. The fourth-order valence-electron chi connectivity index (χ4n) is 5.40. The Kier molecular flexibility index (Phi) is 7.31. The molecule has 8 heteroatoms. The summed E-state index contributed by atoms with van der Waals surface area (Å²) in [7, 11) is 2.13. The number of carbonyl (C=O) groups is 1. The van der Waals surface area contributed by atoms with Gasteiger partial charge in [-0.05, 0) is 98.5 Å². The van der Waals surface area contributed by atoms with E-state index in [1.54, 1.807) is 4.90 Å². The largest absolute Gasteiger partial charge is 0.378 e. The Morgan fingerprint density at radius 3 is 2.57 bits per heavy atom. The van der Waals surface area contributed by atoms with E-state index in [1.807, 2.05) is 31.2 Å². The van der Waals surface area contributed by atoms with Crippen molar-refractivity contribution in [3.63, 3.8) is 0 Å². The zero-order valence-electron chi connectivity index (χ0n) is 22.3. The van der Waals surface area contributed by atoms with Crippen LogP contribution in [-0.2, 0) is 9.53 Å². The summed E-state index contributed by atoms with van der Waals surface area (Å²) in [6.07, 6.45) is 2.99. The first-order valence-corrected chi connectivity index (χ1v) is 14.2.